The summed E-state index contributed by atoms with van der Waals surface area (Å²) in [5.74, 6) is -1.03. The van der Waals surface area contributed by atoms with E-state index in [1.807, 2.05) is 17.5 Å². The molecule has 1 atom stereocenters. The van der Waals surface area contributed by atoms with Gasteiger partial charge in [-0.05, 0) is 18.9 Å². The number of carbonyl (C=O) groups excluding carboxylic acids is 2. The highest BCUT2D eigenvalue weighted by Crippen LogP contribution is 2.64. The van der Waals surface area contributed by atoms with Crippen LogP contribution in [-0.4, -0.2) is 27.8 Å². The van der Waals surface area contributed by atoms with Crippen molar-refractivity contribution in [1.82, 2.24) is 4.98 Å². The van der Waals surface area contributed by atoms with Gasteiger partial charge in [0, 0.05) is 17.4 Å². The summed E-state index contributed by atoms with van der Waals surface area (Å²) < 4.78 is 3.90. The van der Waals surface area contributed by atoms with E-state index in [-0.39, 0.29) is 0 Å². The summed E-state index contributed by atoms with van der Waals surface area (Å²) in [4.78, 5) is 28.3. The number of ether oxygens (including phenoxy) is 1. The number of hydrogen-bond donors (Lipinski definition) is 1. The number of anilines is 1. The molecule has 0 saturated heterocycles. The molecular formula is C18H18Cl2N2O3S. The van der Waals surface area contributed by atoms with Gasteiger partial charge in [0.2, 0.25) is 0 Å². The first kappa shape index (κ1) is 19.1. The van der Waals surface area contributed by atoms with Crippen LogP contribution in [0.1, 0.15) is 25.8 Å². The van der Waals surface area contributed by atoms with Crippen LogP contribution >= 0.6 is 34.5 Å². The smallest absolute Gasteiger partial charge is 0.315 e. The van der Waals surface area contributed by atoms with Crippen molar-refractivity contribution < 1.29 is 14.3 Å². The molecule has 1 aromatic heterocycles. The van der Waals surface area contributed by atoms with E-state index in [0.29, 0.717) is 11.6 Å². The van der Waals surface area contributed by atoms with E-state index in [1.165, 1.54) is 16.9 Å². The minimum absolute atomic E-state index is 0.316. The molecule has 1 amide bonds. The van der Waals surface area contributed by atoms with Crippen molar-refractivity contribution in [3.8, 4) is 11.3 Å². The number of amides is 1. The van der Waals surface area contributed by atoms with Crippen LogP contribution in [0.2, 0.25) is 0 Å². The molecule has 1 fully saturated rings. The minimum atomic E-state index is -1.11. The van der Waals surface area contributed by atoms with E-state index in [0.717, 1.165) is 17.7 Å². The maximum absolute atomic E-state index is 12.0. The normalized spacial score (nSPS) is 20.5. The van der Waals surface area contributed by atoms with E-state index < -0.39 is 28.2 Å². The molecule has 1 heterocycles. The second-order valence-corrected chi connectivity index (χ2v) is 8.77. The fraction of sp³-hybridized carbons (Fsp3) is 0.389. The zero-order valence-corrected chi connectivity index (χ0v) is 16.7. The molecule has 0 bridgehead atoms. The van der Waals surface area contributed by atoms with Gasteiger partial charge in [0.15, 0.2) is 11.7 Å². The predicted molar refractivity (Wildman–Crippen MR) is 104 cm³/mol. The number of benzene rings is 1. The molecule has 1 aliphatic rings. The van der Waals surface area contributed by atoms with E-state index >= 15 is 0 Å². The molecule has 0 radical (unpaired) electrons. The summed E-state index contributed by atoms with van der Waals surface area (Å²) in [6.07, 6.45) is 1.29. The molecule has 26 heavy (non-hydrogen) atoms. The van der Waals surface area contributed by atoms with Crippen molar-refractivity contribution in [3.63, 3.8) is 0 Å². The van der Waals surface area contributed by atoms with Gasteiger partial charge in [0.1, 0.15) is 9.75 Å². The standard InChI is InChI=1S/C18H18Cl2N2O3S/c1-3-11-4-6-12(7-5-11)13-9-26-16(21-13)22-14(23)8-25-15(24)17(2)10-18(17,19)20/h4-7,9H,3,8,10H2,1-2H3,(H,21,22,23). The van der Waals surface area contributed by atoms with Crippen LogP contribution in [0.4, 0.5) is 5.13 Å². The quantitative estimate of drug-likeness (QED) is 0.562. The van der Waals surface area contributed by atoms with Gasteiger partial charge >= 0.3 is 5.97 Å². The van der Waals surface area contributed by atoms with Crippen molar-refractivity contribution in [1.29, 1.82) is 0 Å². The number of halogens is 2. The number of thiazole rings is 1. The number of rotatable bonds is 6. The summed E-state index contributed by atoms with van der Waals surface area (Å²) in [5, 5.41) is 4.94. The molecular weight excluding hydrogens is 395 g/mol. The van der Waals surface area contributed by atoms with Gasteiger partial charge in [0.05, 0.1) is 5.69 Å². The summed E-state index contributed by atoms with van der Waals surface area (Å²) in [5.41, 5.74) is 2.06. The second-order valence-electron chi connectivity index (χ2n) is 6.43. The lowest BCUT2D eigenvalue weighted by Crippen LogP contribution is -2.26. The van der Waals surface area contributed by atoms with Crippen LogP contribution < -0.4 is 5.32 Å². The van der Waals surface area contributed by atoms with Crippen LogP contribution in [0.3, 0.4) is 0 Å². The number of aromatic nitrogens is 1. The summed E-state index contributed by atoms with van der Waals surface area (Å²) >= 11 is 13.2. The number of nitrogens with zero attached hydrogens (tertiary/aromatic N) is 1. The third-order valence-corrected chi connectivity index (χ3v) is 6.31. The van der Waals surface area contributed by atoms with Crippen molar-refractivity contribution in [3.05, 3.63) is 35.2 Å². The Morgan fingerprint density at radius 2 is 1.96 bits per heavy atom. The average Bonchev–Trinajstić information content (AvgIpc) is 2.95. The van der Waals surface area contributed by atoms with Crippen molar-refractivity contribution in [2.45, 2.75) is 31.0 Å². The Labute approximate surface area is 165 Å². The van der Waals surface area contributed by atoms with E-state index in [1.54, 1.807) is 6.92 Å². The first-order valence-electron chi connectivity index (χ1n) is 8.15. The number of esters is 1. The van der Waals surface area contributed by atoms with Crippen molar-refractivity contribution >= 4 is 51.5 Å². The van der Waals surface area contributed by atoms with Gasteiger partial charge < -0.3 is 4.74 Å². The van der Waals surface area contributed by atoms with E-state index in [2.05, 4.69) is 29.4 Å². The van der Waals surface area contributed by atoms with Crippen LogP contribution in [0.25, 0.3) is 11.3 Å². The number of alkyl halides is 2. The van der Waals surface area contributed by atoms with Gasteiger partial charge in [-0.25, -0.2) is 4.98 Å². The van der Waals surface area contributed by atoms with Crippen LogP contribution in [0, 0.1) is 5.41 Å². The van der Waals surface area contributed by atoms with E-state index in [4.69, 9.17) is 27.9 Å². The molecule has 0 aliphatic heterocycles. The van der Waals surface area contributed by atoms with E-state index in [9.17, 15) is 9.59 Å². The van der Waals surface area contributed by atoms with Crippen LogP contribution in [0.5, 0.6) is 0 Å². The molecule has 0 spiro atoms. The first-order chi connectivity index (χ1) is 12.2. The molecule has 1 aliphatic carbocycles. The minimum Gasteiger partial charge on any atom is -0.455 e. The highest BCUT2D eigenvalue weighted by molar-refractivity contribution is 7.14. The molecule has 5 nitrogen and oxygen atoms in total. The fourth-order valence-corrected chi connectivity index (χ4v) is 3.87. The molecule has 1 saturated carbocycles. The zero-order chi connectivity index (χ0) is 18.9. The van der Waals surface area contributed by atoms with Gasteiger partial charge in [-0.3, -0.25) is 14.9 Å². The molecule has 1 unspecified atom stereocenters. The predicted octanol–water partition coefficient (Wildman–Crippen LogP) is 4.44. The van der Waals surface area contributed by atoms with Crippen LogP contribution in [0.15, 0.2) is 29.6 Å². The maximum Gasteiger partial charge on any atom is 0.315 e. The average molecular weight is 413 g/mol. The van der Waals surface area contributed by atoms with Gasteiger partial charge in [0.25, 0.3) is 5.91 Å². The lowest BCUT2D eigenvalue weighted by molar-refractivity contribution is -0.152. The third kappa shape index (κ3) is 3.87. The molecule has 1 aromatic carbocycles. The van der Waals surface area contributed by atoms with Gasteiger partial charge in [-0.1, -0.05) is 31.2 Å². The highest BCUT2D eigenvalue weighted by Gasteiger charge is 2.69. The Morgan fingerprint density at radius 3 is 2.54 bits per heavy atom. The lowest BCUT2D eigenvalue weighted by atomic mass is 10.1. The number of nitrogens with one attached hydrogen (secondary N) is 1. The topological polar surface area (TPSA) is 68.3 Å². The molecule has 3 rings (SSSR count). The Hall–Kier alpha value is -1.63. The fourth-order valence-electron chi connectivity index (χ4n) is 2.44. The number of carbonyl (C=O) groups is 2. The number of aryl methyl sites for hydroxylation is 1. The van der Waals surface area contributed by atoms with Crippen molar-refractivity contribution in [2.75, 3.05) is 11.9 Å². The van der Waals surface area contributed by atoms with Crippen LogP contribution in [-0.2, 0) is 20.7 Å². The monoisotopic (exact) mass is 412 g/mol. The number of hydrogen-bond acceptors (Lipinski definition) is 5. The van der Waals surface area contributed by atoms with Gasteiger partial charge in [-0.15, -0.1) is 34.5 Å². The lowest BCUT2D eigenvalue weighted by Gasteiger charge is -2.11. The summed E-state index contributed by atoms with van der Waals surface area (Å²) in [7, 11) is 0. The van der Waals surface area contributed by atoms with Crippen molar-refractivity contribution in [2.24, 2.45) is 5.41 Å². The second kappa shape index (κ2) is 7.18. The SMILES string of the molecule is CCc1ccc(-c2csc(NC(=O)COC(=O)C3(C)CC3(Cl)Cl)n2)cc1. The Kier molecular flexibility index (Phi) is 5.28. The summed E-state index contributed by atoms with van der Waals surface area (Å²) in [6.45, 7) is 3.31. The molecule has 8 heteroatoms. The molecule has 138 valence electrons. The molecule has 1 N–H and O–H groups in total. The Bertz CT molecular complexity index is 835. The summed E-state index contributed by atoms with van der Waals surface area (Å²) in [6, 6.07) is 8.11. The first-order valence-corrected chi connectivity index (χ1v) is 9.78. The largest absolute Gasteiger partial charge is 0.455 e. The van der Waals surface area contributed by atoms with Gasteiger partial charge in [-0.2, -0.15) is 0 Å². The zero-order valence-electron chi connectivity index (χ0n) is 14.3. The Morgan fingerprint density at radius 1 is 1.31 bits per heavy atom. The third-order valence-electron chi connectivity index (χ3n) is 4.45. The maximum atomic E-state index is 12.0. The Balaban J connectivity index is 1.54. The highest BCUT2D eigenvalue weighted by atomic mass is 35.5. The molecule has 2 aromatic rings.